The highest BCUT2D eigenvalue weighted by atomic mass is 16.5. The molecular weight excluding hydrogens is 364 g/mol. The lowest BCUT2D eigenvalue weighted by Gasteiger charge is -2.07. The lowest BCUT2D eigenvalue weighted by molar-refractivity contribution is 0.0457. The van der Waals surface area contributed by atoms with Gasteiger partial charge in [-0.2, -0.15) is 0 Å². The highest BCUT2D eigenvalue weighted by molar-refractivity contribution is 5.93. The Labute approximate surface area is 176 Å². The number of ether oxygens (including phenoxy) is 2. The van der Waals surface area contributed by atoms with Crippen LogP contribution in [0.4, 0.5) is 0 Å². The van der Waals surface area contributed by atoms with E-state index < -0.39 is 5.97 Å². The summed E-state index contributed by atoms with van der Waals surface area (Å²) in [4.78, 5) is 23.9. The van der Waals surface area contributed by atoms with Gasteiger partial charge in [-0.25, -0.2) is 9.59 Å². The van der Waals surface area contributed by atoms with Gasteiger partial charge in [0.1, 0.15) is 0 Å². The Balaban J connectivity index is 2.19. The summed E-state index contributed by atoms with van der Waals surface area (Å²) >= 11 is 0. The maximum absolute atomic E-state index is 12.0. The van der Waals surface area contributed by atoms with Crippen LogP contribution in [0.2, 0.25) is 0 Å². The average Bonchev–Trinajstić information content (AvgIpc) is 2.72. The van der Waals surface area contributed by atoms with E-state index in [4.69, 9.17) is 9.47 Å². The Morgan fingerprint density at radius 2 is 1.31 bits per heavy atom. The zero-order valence-electron chi connectivity index (χ0n) is 18.3. The molecule has 0 aliphatic carbocycles. The molecule has 0 amide bonds. The molecule has 0 saturated carbocycles. The minimum absolute atomic E-state index is 0.0913. The van der Waals surface area contributed by atoms with Crippen molar-refractivity contribution in [3.63, 3.8) is 0 Å². The SMILES string of the molecule is CCCCCCCCCCC#CCOC(=O)c1ccc(C(=O)OCC(C)C)cc1. The second-order valence-corrected chi connectivity index (χ2v) is 7.72. The predicted octanol–water partition coefficient (Wildman–Crippen LogP) is 6.19. The number of carbonyl (C=O) groups is 2. The maximum atomic E-state index is 12.0. The Bertz CT molecular complexity index is 650. The molecule has 0 bridgehead atoms. The molecule has 0 aliphatic rings. The molecule has 4 heteroatoms. The van der Waals surface area contributed by atoms with Crippen LogP contribution in [-0.4, -0.2) is 25.2 Å². The lowest BCUT2D eigenvalue weighted by Crippen LogP contribution is -2.11. The molecule has 4 nitrogen and oxygen atoms in total. The van der Waals surface area contributed by atoms with Gasteiger partial charge in [0.25, 0.3) is 0 Å². The van der Waals surface area contributed by atoms with Gasteiger partial charge in [-0.1, -0.05) is 77.6 Å². The van der Waals surface area contributed by atoms with Crippen LogP contribution < -0.4 is 0 Å². The molecular formula is C25H36O4. The molecule has 0 aromatic heterocycles. The first-order valence-corrected chi connectivity index (χ1v) is 10.9. The first-order chi connectivity index (χ1) is 14.0. The molecule has 1 rings (SSSR count). The highest BCUT2D eigenvalue weighted by Gasteiger charge is 2.11. The molecule has 0 aliphatic heterocycles. The van der Waals surface area contributed by atoms with Gasteiger partial charge < -0.3 is 9.47 Å². The minimum atomic E-state index is -0.437. The van der Waals surface area contributed by atoms with E-state index in [0.717, 1.165) is 12.8 Å². The van der Waals surface area contributed by atoms with E-state index in [-0.39, 0.29) is 18.5 Å². The fourth-order valence-corrected chi connectivity index (χ4v) is 2.74. The molecule has 0 atom stereocenters. The van der Waals surface area contributed by atoms with E-state index in [1.54, 1.807) is 24.3 Å². The van der Waals surface area contributed by atoms with E-state index in [1.807, 2.05) is 13.8 Å². The highest BCUT2D eigenvalue weighted by Crippen LogP contribution is 2.10. The zero-order valence-corrected chi connectivity index (χ0v) is 18.3. The number of hydrogen-bond donors (Lipinski definition) is 0. The Hall–Kier alpha value is -2.28. The summed E-state index contributed by atoms with van der Waals surface area (Å²) < 4.78 is 10.3. The Morgan fingerprint density at radius 1 is 0.793 bits per heavy atom. The molecule has 0 saturated heterocycles. The van der Waals surface area contributed by atoms with Crippen LogP contribution in [0.5, 0.6) is 0 Å². The van der Waals surface area contributed by atoms with Crippen molar-refractivity contribution in [1.29, 1.82) is 0 Å². The van der Waals surface area contributed by atoms with Gasteiger partial charge in [0.2, 0.25) is 0 Å². The molecule has 1 aromatic carbocycles. The van der Waals surface area contributed by atoms with Gasteiger partial charge in [0, 0.05) is 6.42 Å². The van der Waals surface area contributed by atoms with Crippen molar-refractivity contribution in [2.45, 2.75) is 78.6 Å². The van der Waals surface area contributed by atoms with E-state index >= 15 is 0 Å². The third kappa shape index (κ3) is 12.0. The number of unbranched alkanes of at least 4 members (excludes halogenated alkanes) is 8. The number of benzene rings is 1. The largest absolute Gasteiger partial charge is 0.462 e. The van der Waals surface area contributed by atoms with E-state index in [2.05, 4.69) is 18.8 Å². The number of rotatable bonds is 13. The van der Waals surface area contributed by atoms with Gasteiger partial charge in [-0.15, -0.1) is 0 Å². The van der Waals surface area contributed by atoms with Crippen LogP contribution in [-0.2, 0) is 9.47 Å². The molecule has 0 radical (unpaired) electrons. The van der Waals surface area contributed by atoms with Gasteiger partial charge in [-0.3, -0.25) is 0 Å². The first kappa shape index (κ1) is 24.8. The molecule has 0 N–H and O–H groups in total. The molecule has 0 heterocycles. The van der Waals surface area contributed by atoms with Gasteiger partial charge >= 0.3 is 11.9 Å². The summed E-state index contributed by atoms with van der Waals surface area (Å²) in [6.07, 6.45) is 11.1. The van der Waals surface area contributed by atoms with Crippen molar-refractivity contribution in [1.82, 2.24) is 0 Å². The third-order valence-electron chi connectivity index (χ3n) is 4.46. The van der Waals surface area contributed by atoms with E-state index in [1.165, 1.54) is 44.9 Å². The molecule has 1 aromatic rings. The van der Waals surface area contributed by atoms with Crippen molar-refractivity contribution in [2.75, 3.05) is 13.2 Å². The standard InChI is InChI=1S/C25H36O4/c1-4-5-6-7-8-9-10-11-12-13-14-19-28-24(26)22-15-17-23(18-16-22)25(27)29-20-21(2)3/h15-18,21H,4-12,19-20H2,1-3H3. The fourth-order valence-electron chi connectivity index (χ4n) is 2.74. The summed E-state index contributed by atoms with van der Waals surface area (Å²) in [6, 6.07) is 6.30. The number of carbonyl (C=O) groups excluding carboxylic acids is 2. The topological polar surface area (TPSA) is 52.6 Å². The van der Waals surface area contributed by atoms with Crippen LogP contribution in [0, 0.1) is 17.8 Å². The van der Waals surface area contributed by atoms with Crippen molar-refractivity contribution in [3.05, 3.63) is 35.4 Å². The average molecular weight is 401 g/mol. The van der Waals surface area contributed by atoms with Gasteiger partial charge in [0.15, 0.2) is 6.61 Å². The normalized spacial score (nSPS) is 10.3. The predicted molar refractivity (Wildman–Crippen MR) is 117 cm³/mol. The molecule has 160 valence electrons. The minimum Gasteiger partial charge on any atom is -0.462 e. The summed E-state index contributed by atoms with van der Waals surface area (Å²) in [5.41, 5.74) is 0.822. The molecule has 0 fully saturated rings. The van der Waals surface area contributed by atoms with E-state index in [0.29, 0.717) is 17.7 Å². The Kier molecular flexibility index (Phi) is 13.3. The molecule has 29 heavy (non-hydrogen) atoms. The van der Waals surface area contributed by atoms with Crippen LogP contribution in [0.25, 0.3) is 0 Å². The summed E-state index contributed by atoms with van der Waals surface area (Å²) in [5.74, 6) is 5.42. The van der Waals surface area contributed by atoms with Crippen molar-refractivity contribution in [2.24, 2.45) is 5.92 Å². The number of hydrogen-bond acceptors (Lipinski definition) is 4. The number of esters is 2. The van der Waals surface area contributed by atoms with Gasteiger partial charge in [0.05, 0.1) is 17.7 Å². The second kappa shape index (κ2) is 15.6. The van der Waals surface area contributed by atoms with Crippen LogP contribution in [0.3, 0.4) is 0 Å². The first-order valence-electron chi connectivity index (χ1n) is 10.9. The van der Waals surface area contributed by atoms with Crippen molar-refractivity contribution >= 4 is 11.9 Å². The Morgan fingerprint density at radius 3 is 1.86 bits per heavy atom. The van der Waals surface area contributed by atoms with Crippen LogP contribution >= 0.6 is 0 Å². The second-order valence-electron chi connectivity index (χ2n) is 7.72. The summed E-state index contributed by atoms with van der Waals surface area (Å²) in [6.45, 7) is 6.66. The quantitative estimate of drug-likeness (QED) is 0.225. The molecule has 0 unspecified atom stereocenters. The monoisotopic (exact) mass is 400 g/mol. The van der Waals surface area contributed by atoms with Gasteiger partial charge in [-0.05, 0) is 36.6 Å². The van der Waals surface area contributed by atoms with Crippen molar-refractivity contribution < 1.29 is 19.1 Å². The van der Waals surface area contributed by atoms with Crippen molar-refractivity contribution in [3.8, 4) is 11.8 Å². The maximum Gasteiger partial charge on any atom is 0.339 e. The third-order valence-corrected chi connectivity index (χ3v) is 4.46. The lowest BCUT2D eigenvalue weighted by atomic mass is 10.1. The molecule has 0 spiro atoms. The summed E-state index contributed by atoms with van der Waals surface area (Å²) in [5, 5.41) is 0. The zero-order chi connectivity index (χ0) is 21.3. The van der Waals surface area contributed by atoms with Crippen LogP contribution in [0.15, 0.2) is 24.3 Å². The van der Waals surface area contributed by atoms with E-state index in [9.17, 15) is 9.59 Å². The summed E-state index contributed by atoms with van der Waals surface area (Å²) in [7, 11) is 0. The fraction of sp³-hybridized carbons (Fsp3) is 0.600. The smallest absolute Gasteiger partial charge is 0.339 e. The van der Waals surface area contributed by atoms with Crippen LogP contribution in [0.1, 0.15) is 99.3 Å².